The molecule has 0 radical (unpaired) electrons. The van der Waals surface area contributed by atoms with Gasteiger partial charge in [-0.2, -0.15) is 0 Å². The smallest absolute Gasteiger partial charge is 0.191 e. The van der Waals surface area contributed by atoms with Crippen LogP contribution in [-0.2, 0) is 13.1 Å². The molecule has 2 aromatic heterocycles. The Kier molecular flexibility index (Phi) is 4.35. The molecule has 2 aromatic rings. The monoisotopic (exact) mass is 244 g/mol. The molecule has 94 valence electrons. The Morgan fingerprint density at radius 2 is 2.11 bits per heavy atom. The number of hydrogen-bond donors (Lipinski definition) is 2. The maximum atomic E-state index is 5.23. The Balaban J connectivity index is 1.79. The van der Waals surface area contributed by atoms with Gasteiger partial charge >= 0.3 is 0 Å². The average molecular weight is 244 g/mol. The van der Waals surface area contributed by atoms with Gasteiger partial charge in [-0.05, 0) is 24.3 Å². The lowest BCUT2D eigenvalue weighted by Gasteiger charge is -2.10. The van der Waals surface area contributed by atoms with Crippen LogP contribution in [0.1, 0.15) is 11.5 Å². The summed E-state index contributed by atoms with van der Waals surface area (Å²) >= 11 is 0. The van der Waals surface area contributed by atoms with E-state index in [-0.39, 0.29) is 0 Å². The molecule has 0 spiro atoms. The molecule has 0 aliphatic carbocycles. The number of pyridine rings is 1. The molecule has 0 saturated heterocycles. The van der Waals surface area contributed by atoms with Crippen molar-refractivity contribution in [3.63, 3.8) is 0 Å². The first-order chi connectivity index (χ1) is 8.88. The van der Waals surface area contributed by atoms with E-state index in [9.17, 15) is 0 Å². The van der Waals surface area contributed by atoms with Gasteiger partial charge in [-0.1, -0.05) is 6.07 Å². The first-order valence-corrected chi connectivity index (χ1v) is 5.75. The van der Waals surface area contributed by atoms with Crippen molar-refractivity contribution < 1.29 is 4.42 Å². The van der Waals surface area contributed by atoms with Gasteiger partial charge in [-0.15, -0.1) is 0 Å². The van der Waals surface area contributed by atoms with Gasteiger partial charge in [0, 0.05) is 13.2 Å². The normalized spacial score (nSPS) is 11.3. The summed E-state index contributed by atoms with van der Waals surface area (Å²) in [6.07, 6.45) is 3.43. The minimum atomic E-state index is 0.606. The van der Waals surface area contributed by atoms with Crippen molar-refractivity contribution >= 4 is 5.96 Å². The van der Waals surface area contributed by atoms with Crippen molar-refractivity contribution in [2.24, 2.45) is 4.99 Å². The maximum Gasteiger partial charge on any atom is 0.191 e. The summed E-state index contributed by atoms with van der Waals surface area (Å²) in [6, 6.07) is 9.60. The fourth-order valence-corrected chi connectivity index (χ4v) is 1.48. The summed E-state index contributed by atoms with van der Waals surface area (Å²) in [5.41, 5.74) is 0.971. The van der Waals surface area contributed by atoms with Crippen LogP contribution >= 0.6 is 0 Å². The van der Waals surface area contributed by atoms with Crippen LogP contribution < -0.4 is 10.6 Å². The zero-order valence-corrected chi connectivity index (χ0v) is 10.3. The molecule has 0 unspecified atom stereocenters. The average Bonchev–Trinajstić information content (AvgIpc) is 2.93. The van der Waals surface area contributed by atoms with Gasteiger partial charge in [0.05, 0.1) is 25.0 Å². The first kappa shape index (κ1) is 12.2. The van der Waals surface area contributed by atoms with Crippen LogP contribution in [0.4, 0.5) is 0 Å². The Hall–Kier alpha value is -2.30. The van der Waals surface area contributed by atoms with Crippen LogP contribution in [0.2, 0.25) is 0 Å². The van der Waals surface area contributed by atoms with Crippen LogP contribution in [0.5, 0.6) is 0 Å². The highest BCUT2D eigenvalue weighted by atomic mass is 16.3. The molecule has 0 saturated carbocycles. The number of aromatic nitrogens is 1. The fourth-order valence-electron chi connectivity index (χ4n) is 1.48. The van der Waals surface area contributed by atoms with Crippen LogP contribution in [0.15, 0.2) is 52.2 Å². The number of guanidine groups is 1. The molecule has 0 bridgehead atoms. The molecule has 2 heterocycles. The van der Waals surface area contributed by atoms with Crippen LogP contribution in [-0.4, -0.2) is 18.0 Å². The zero-order chi connectivity index (χ0) is 12.6. The van der Waals surface area contributed by atoms with E-state index in [4.69, 9.17) is 4.42 Å². The van der Waals surface area contributed by atoms with E-state index < -0.39 is 0 Å². The second-order valence-corrected chi connectivity index (χ2v) is 3.68. The minimum Gasteiger partial charge on any atom is -0.467 e. The van der Waals surface area contributed by atoms with E-state index in [0.717, 1.165) is 17.4 Å². The van der Waals surface area contributed by atoms with E-state index in [1.807, 2.05) is 30.3 Å². The first-order valence-electron chi connectivity index (χ1n) is 5.75. The molecule has 2 N–H and O–H groups in total. The Labute approximate surface area is 106 Å². The van der Waals surface area contributed by atoms with Crippen molar-refractivity contribution in [3.8, 4) is 0 Å². The molecule has 0 aliphatic heterocycles. The lowest BCUT2D eigenvalue weighted by atomic mass is 10.3. The molecule has 18 heavy (non-hydrogen) atoms. The van der Waals surface area contributed by atoms with E-state index in [1.54, 1.807) is 19.5 Å². The van der Waals surface area contributed by atoms with E-state index in [2.05, 4.69) is 20.6 Å². The molecule has 5 heteroatoms. The van der Waals surface area contributed by atoms with Gasteiger partial charge in [0.2, 0.25) is 0 Å². The number of aliphatic imine (C=N–C) groups is 1. The summed E-state index contributed by atoms with van der Waals surface area (Å²) in [5, 5.41) is 6.34. The molecular formula is C13H16N4O. The highest BCUT2D eigenvalue weighted by Gasteiger charge is 2.00. The zero-order valence-electron chi connectivity index (χ0n) is 10.3. The number of nitrogens with one attached hydrogen (secondary N) is 2. The van der Waals surface area contributed by atoms with Crippen molar-refractivity contribution in [2.75, 3.05) is 7.05 Å². The summed E-state index contributed by atoms with van der Waals surface area (Å²) in [5.74, 6) is 1.59. The quantitative estimate of drug-likeness (QED) is 0.632. The lowest BCUT2D eigenvalue weighted by Crippen LogP contribution is -2.36. The lowest BCUT2D eigenvalue weighted by molar-refractivity contribution is 0.501. The predicted molar refractivity (Wildman–Crippen MR) is 70.0 cm³/mol. The Morgan fingerprint density at radius 3 is 2.78 bits per heavy atom. The van der Waals surface area contributed by atoms with E-state index in [1.165, 1.54) is 0 Å². The summed E-state index contributed by atoms with van der Waals surface area (Å²) in [4.78, 5) is 8.36. The van der Waals surface area contributed by atoms with Crippen molar-refractivity contribution in [1.29, 1.82) is 0 Å². The third kappa shape index (κ3) is 3.62. The largest absolute Gasteiger partial charge is 0.467 e. The van der Waals surface area contributed by atoms with Gasteiger partial charge < -0.3 is 15.1 Å². The standard InChI is InChI=1S/C13H16N4O/c1-14-13(17-10-12-6-4-8-18-12)16-9-11-5-2-3-7-15-11/h2-8H,9-10H2,1H3,(H2,14,16,17). The Morgan fingerprint density at radius 1 is 1.22 bits per heavy atom. The summed E-state index contributed by atoms with van der Waals surface area (Å²) in [7, 11) is 1.73. The molecular weight excluding hydrogens is 228 g/mol. The third-order valence-corrected chi connectivity index (χ3v) is 2.40. The second kappa shape index (κ2) is 6.44. The minimum absolute atomic E-state index is 0.606. The SMILES string of the molecule is CN=C(NCc1ccccn1)NCc1ccco1. The van der Waals surface area contributed by atoms with Gasteiger partial charge in [-0.3, -0.25) is 9.98 Å². The number of nitrogens with zero attached hydrogens (tertiary/aromatic N) is 2. The van der Waals surface area contributed by atoms with Gasteiger partial charge in [0.15, 0.2) is 5.96 Å². The van der Waals surface area contributed by atoms with Gasteiger partial charge in [-0.25, -0.2) is 0 Å². The van der Waals surface area contributed by atoms with Crippen molar-refractivity contribution in [2.45, 2.75) is 13.1 Å². The van der Waals surface area contributed by atoms with Crippen LogP contribution in [0.25, 0.3) is 0 Å². The van der Waals surface area contributed by atoms with Crippen molar-refractivity contribution in [3.05, 3.63) is 54.2 Å². The predicted octanol–water partition coefficient (Wildman–Crippen LogP) is 1.54. The van der Waals surface area contributed by atoms with E-state index in [0.29, 0.717) is 13.1 Å². The molecule has 0 amide bonds. The summed E-state index contributed by atoms with van der Waals surface area (Å²) in [6.45, 7) is 1.24. The molecule has 2 rings (SSSR count). The van der Waals surface area contributed by atoms with E-state index >= 15 is 0 Å². The van der Waals surface area contributed by atoms with Gasteiger partial charge in [0.1, 0.15) is 5.76 Å². The highest BCUT2D eigenvalue weighted by molar-refractivity contribution is 5.79. The van der Waals surface area contributed by atoms with Crippen LogP contribution in [0, 0.1) is 0 Å². The topological polar surface area (TPSA) is 62.5 Å². The highest BCUT2D eigenvalue weighted by Crippen LogP contribution is 1.98. The van der Waals surface area contributed by atoms with Gasteiger partial charge in [0.25, 0.3) is 0 Å². The number of furan rings is 1. The maximum absolute atomic E-state index is 5.23. The van der Waals surface area contributed by atoms with Crippen molar-refractivity contribution in [1.82, 2.24) is 15.6 Å². The molecule has 0 atom stereocenters. The molecule has 5 nitrogen and oxygen atoms in total. The second-order valence-electron chi connectivity index (χ2n) is 3.68. The number of rotatable bonds is 4. The van der Waals surface area contributed by atoms with Crippen LogP contribution in [0.3, 0.4) is 0 Å². The third-order valence-electron chi connectivity index (χ3n) is 2.40. The number of hydrogen-bond acceptors (Lipinski definition) is 3. The molecule has 0 fully saturated rings. The Bertz CT molecular complexity index is 479. The fraction of sp³-hybridized carbons (Fsp3) is 0.231. The summed E-state index contributed by atoms with van der Waals surface area (Å²) < 4.78 is 5.23. The molecule has 0 aliphatic rings. The molecule has 0 aromatic carbocycles.